The summed E-state index contributed by atoms with van der Waals surface area (Å²) in [5, 5.41) is 20.7. The van der Waals surface area contributed by atoms with E-state index < -0.39 is 106 Å². The summed E-state index contributed by atoms with van der Waals surface area (Å²) in [4.78, 5) is 55.3. The molecule has 3 aliphatic heterocycles. The zero-order valence-electron chi connectivity index (χ0n) is 29.7. The van der Waals surface area contributed by atoms with Gasteiger partial charge in [0.15, 0.2) is 11.5 Å². The van der Waals surface area contributed by atoms with Crippen LogP contribution in [0.15, 0.2) is 45.5 Å². The summed E-state index contributed by atoms with van der Waals surface area (Å²) < 4.78 is 71.3. The minimum absolute atomic E-state index is 0.00724. The number of fused-ring (bicyclic) bond motifs is 1. The van der Waals surface area contributed by atoms with Crippen molar-refractivity contribution in [2.75, 3.05) is 31.3 Å². The molecule has 0 radical (unpaired) electrons. The molecule has 0 amide bonds. The number of nitrogens with zero attached hydrogens (tertiary/aromatic N) is 7. The van der Waals surface area contributed by atoms with Crippen molar-refractivity contribution < 1.29 is 51.6 Å². The molecule has 24 nitrogen and oxygen atoms in total. The molecule has 7 N–H and O–H groups in total. The van der Waals surface area contributed by atoms with E-state index in [4.69, 9.17) is 43.8 Å². The molecule has 3 saturated heterocycles. The summed E-state index contributed by atoms with van der Waals surface area (Å²) in [5.74, 6) is 0.156. The molecule has 7 heterocycles. The highest BCUT2D eigenvalue weighted by atomic mass is 32.7. The van der Waals surface area contributed by atoms with Gasteiger partial charge in [-0.05, 0) is 13.0 Å². The van der Waals surface area contributed by atoms with Crippen LogP contribution in [0.3, 0.4) is 0 Å². The van der Waals surface area contributed by atoms with Crippen LogP contribution >= 0.6 is 38.1 Å². The van der Waals surface area contributed by atoms with Crippen molar-refractivity contribution in [3.63, 3.8) is 0 Å². The fraction of sp³-hybridized carbons (Fsp3) is 0.552. The summed E-state index contributed by atoms with van der Waals surface area (Å²) in [6, 6.07) is 1.38. The Hall–Kier alpha value is -3.49. The molecule has 0 saturated carbocycles. The molecule has 4 aromatic heterocycles. The number of aromatic amines is 1. The number of aliphatic hydroxyl groups is 2. The Bertz CT molecular complexity index is 2400. The molecule has 5 unspecified atom stereocenters. The predicted molar refractivity (Wildman–Crippen MR) is 202 cm³/mol. The summed E-state index contributed by atoms with van der Waals surface area (Å²) in [5.41, 5.74) is 10.2. The van der Waals surface area contributed by atoms with E-state index in [0.29, 0.717) is 11.2 Å². The summed E-state index contributed by atoms with van der Waals surface area (Å²) in [6.07, 6.45) is -4.20. The molecule has 57 heavy (non-hydrogen) atoms. The van der Waals surface area contributed by atoms with Crippen molar-refractivity contribution in [2.45, 2.75) is 81.5 Å². The Morgan fingerprint density at radius 2 is 1.51 bits per heavy atom. The van der Waals surface area contributed by atoms with Crippen LogP contribution in [0.25, 0.3) is 11.2 Å². The van der Waals surface area contributed by atoms with Crippen molar-refractivity contribution in [1.82, 2.24) is 38.6 Å². The topological polar surface area (TPSA) is 325 Å². The number of nitrogens with two attached hydrogens (primary N) is 2. The minimum Gasteiger partial charge on any atom is -0.394 e. The molecule has 0 spiro atoms. The maximum absolute atomic E-state index is 13.7. The van der Waals surface area contributed by atoms with Crippen LogP contribution in [0.4, 0.5) is 11.6 Å². The molecular weight excluding hydrogens is 838 g/mol. The standard InChI is InChI=1S/C29H38N10O14P2S2/c1-13-7-38(29(44)36-27(13)42)23-6-16(53-54(45,56)47-9-18-14(41)4-21(50-18)39-12-34-24-25(31)32-11-33-26(24)39)19(51-23)10-48-55(46,57)52-15-5-22(49-17(15)8-40)37-3-2-20(30)35-28(37)43/h2-3,7,11-12,14-19,21-23,40-41H,4-6,8-10H2,1H3,(H,45,56)(H,46,57)(H2,30,35,43)(H2,31,32,33)(H,36,42,44)/t14?,15?,16?,17-,18-,19-,21-,22-,23-,54?,55?/m1/s1. The highest BCUT2D eigenvalue weighted by Gasteiger charge is 2.45. The normalized spacial score (nSPS) is 29.8. The van der Waals surface area contributed by atoms with Gasteiger partial charge in [0.25, 0.3) is 5.56 Å². The quantitative estimate of drug-likeness (QED) is 0.0657. The zero-order chi connectivity index (χ0) is 40.8. The lowest BCUT2D eigenvalue weighted by Crippen LogP contribution is -2.33. The molecule has 310 valence electrons. The lowest BCUT2D eigenvalue weighted by Gasteiger charge is -2.25. The van der Waals surface area contributed by atoms with Gasteiger partial charge in [-0.25, -0.2) is 33.7 Å². The number of H-pyrrole nitrogens is 1. The number of aromatic nitrogens is 8. The van der Waals surface area contributed by atoms with Gasteiger partial charge in [0.2, 0.25) is 0 Å². The number of hydrogen-bond donors (Lipinski definition) is 7. The van der Waals surface area contributed by atoms with Gasteiger partial charge in [-0.15, -0.1) is 0 Å². The summed E-state index contributed by atoms with van der Waals surface area (Å²) in [7, 11) is 0. The van der Waals surface area contributed by atoms with Gasteiger partial charge >= 0.3 is 25.0 Å². The highest BCUT2D eigenvalue weighted by Crippen LogP contribution is 2.59. The van der Waals surface area contributed by atoms with E-state index in [1.165, 1.54) is 38.0 Å². The number of aliphatic hydroxyl groups excluding tert-OH is 2. The van der Waals surface area contributed by atoms with Crippen LogP contribution in [-0.2, 0) is 41.4 Å². The average Bonchev–Trinajstić information content (AvgIpc) is 3.93. The summed E-state index contributed by atoms with van der Waals surface area (Å²) >= 11 is 8.23. The molecule has 0 bridgehead atoms. The fourth-order valence-electron chi connectivity index (χ4n) is 6.58. The van der Waals surface area contributed by atoms with Gasteiger partial charge in [0.05, 0.1) is 32.3 Å². The lowest BCUT2D eigenvalue weighted by atomic mass is 10.2. The van der Waals surface area contributed by atoms with E-state index in [-0.39, 0.29) is 36.5 Å². The van der Waals surface area contributed by atoms with E-state index in [1.807, 2.05) is 0 Å². The second kappa shape index (κ2) is 16.6. The SMILES string of the molecule is Cc1cn([C@H]2CC(OP(=O)(S)OC[C@H]3O[C@@H](n4cnc5c(N)ncnc54)CC3O)[C@@H](COP(=O)(S)OC3C[C@H](n4ccc(N)nc4=O)O[C@@H]3CO)O2)c(=O)[nH]c1=O. The second-order valence-electron chi connectivity index (χ2n) is 13.3. The van der Waals surface area contributed by atoms with Gasteiger partial charge < -0.3 is 35.9 Å². The number of nitrogens with one attached hydrogen (secondary N) is 1. The number of ether oxygens (including phenoxy) is 3. The number of rotatable bonds is 14. The van der Waals surface area contributed by atoms with Crippen LogP contribution in [0.2, 0.25) is 0 Å². The first-order chi connectivity index (χ1) is 27.0. The third kappa shape index (κ3) is 9.22. The van der Waals surface area contributed by atoms with Crippen molar-refractivity contribution in [2.24, 2.45) is 0 Å². The van der Waals surface area contributed by atoms with E-state index >= 15 is 0 Å². The van der Waals surface area contributed by atoms with Gasteiger partial charge in [0.1, 0.15) is 66.9 Å². The van der Waals surface area contributed by atoms with Gasteiger partial charge in [0, 0.05) is 37.2 Å². The van der Waals surface area contributed by atoms with Gasteiger partial charge in [-0.3, -0.25) is 41.6 Å². The van der Waals surface area contributed by atoms with Crippen molar-refractivity contribution in [3.05, 3.63) is 68.0 Å². The summed E-state index contributed by atoms with van der Waals surface area (Å²) in [6.45, 7) is -8.74. The van der Waals surface area contributed by atoms with Gasteiger partial charge in [-0.1, -0.05) is 24.5 Å². The zero-order valence-corrected chi connectivity index (χ0v) is 33.3. The van der Waals surface area contributed by atoms with Gasteiger partial charge in [-0.2, -0.15) is 4.98 Å². The Morgan fingerprint density at radius 3 is 2.19 bits per heavy atom. The minimum atomic E-state index is -4.31. The molecule has 3 fully saturated rings. The Balaban J connectivity index is 1.02. The van der Waals surface area contributed by atoms with Crippen molar-refractivity contribution >= 4 is 60.9 Å². The molecule has 7 rings (SSSR count). The van der Waals surface area contributed by atoms with E-state index in [9.17, 15) is 33.7 Å². The van der Waals surface area contributed by atoms with Crippen molar-refractivity contribution in [3.8, 4) is 0 Å². The monoisotopic (exact) mass is 876 g/mol. The number of hydrogen-bond acceptors (Lipinski definition) is 20. The number of imidazole rings is 1. The van der Waals surface area contributed by atoms with E-state index in [0.717, 1.165) is 9.13 Å². The number of thiol groups is 2. The molecular formula is C29H38N10O14P2S2. The van der Waals surface area contributed by atoms with Crippen LogP contribution in [0.1, 0.15) is 43.5 Å². The molecule has 3 aliphatic rings. The largest absolute Gasteiger partial charge is 0.394 e. The first-order valence-electron chi connectivity index (χ1n) is 17.2. The molecule has 4 aromatic rings. The maximum atomic E-state index is 13.7. The van der Waals surface area contributed by atoms with Crippen LogP contribution in [0, 0.1) is 6.92 Å². The first-order valence-corrected chi connectivity index (χ1v) is 22.6. The molecule has 11 atom stereocenters. The average molecular weight is 877 g/mol. The van der Waals surface area contributed by atoms with Crippen molar-refractivity contribution in [1.29, 1.82) is 0 Å². The predicted octanol–water partition coefficient (Wildman–Crippen LogP) is 0.201. The first kappa shape index (κ1) is 41.7. The van der Waals surface area contributed by atoms with E-state index in [1.54, 1.807) is 4.57 Å². The Morgan fingerprint density at radius 1 is 0.895 bits per heavy atom. The third-order valence-electron chi connectivity index (χ3n) is 9.40. The molecule has 0 aromatic carbocycles. The Labute approximate surface area is 331 Å². The smallest absolute Gasteiger partial charge is 0.386 e. The van der Waals surface area contributed by atoms with E-state index in [2.05, 4.69) is 49.4 Å². The van der Waals surface area contributed by atoms with Crippen LogP contribution in [-0.4, -0.2) is 105 Å². The number of aryl methyl sites for hydroxylation is 1. The fourth-order valence-corrected chi connectivity index (χ4v) is 9.63. The number of anilines is 2. The third-order valence-corrected chi connectivity index (χ3v) is 12.7. The van der Waals surface area contributed by atoms with Crippen LogP contribution in [0.5, 0.6) is 0 Å². The molecule has 0 aliphatic carbocycles. The Kier molecular flexibility index (Phi) is 12.2. The lowest BCUT2D eigenvalue weighted by molar-refractivity contribution is -0.0522. The second-order valence-corrected chi connectivity index (χ2v) is 19.0. The maximum Gasteiger partial charge on any atom is 0.386 e. The number of nitrogen functional groups attached to an aromatic ring is 2. The van der Waals surface area contributed by atoms with Crippen LogP contribution < -0.4 is 28.4 Å². The molecule has 28 heteroatoms. The highest BCUT2D eigenvalue weighted by molar-refractivity contribution is 8.44.